The molecule has 0 saturated heterocycles. The molecule has 0 aliphatic heterocycles. The van der Waals surface area contributed by atoms with Gasteiger partial charge in [0.15, 0.2) is 0 Å². The van der Waals surface area contributed by atoms with E-state index in [9.17, 15) is 0 Å². The summed E-state index contributed by atoms with van der Waals surface area (Å²) in [6, 6.07) is 12.6. The summed E-state index contributed by atoms with van der Waals surface area (Å²) in [7, 11) is 0. The van der Waals surface area contributed by atoms with E-state index in [1.807, 2.05) is 13.0 Å². The van der Waals surface area contributed by atoms with Crippen molar-refractivity contribution in [3.05, 3.63) is 42.0 Å². The number of hydrogen-bond donors (Lipinski definition) is 1. The standard InChI is InChI=1S/C14H17NO/c1-2-16-14-10-12-6-4-3-5-11(12)9-13(14)7-8-15/h3-6,9-10H,2,7-8,15H2,1H3. The van der Waals surface area contributed by atoms with E-state index in [1.165, 1.54) is 16.3 Å². The number of fused-ring (bicyclic) bond motifs is 1. The molecule has 2 aromatic carbocycles. The van der Waals surface area contributed by atoms with Crippen molar-refractivity contribution in [2.75, 3.05) is 13.2 Å². The minimum atomic E-state index is 0.651. The van der Waals surface area contributed by atoms with Crippen molar-refractivity contribution < 1.29 is 4.74 Å². The van der Waals surface area contributed by atoms with Crippen LogP contribution < -0.4 is 10.5 Å². The van der Waals surface area contributed by atoms with Gasteiger partial charge in [-0.1, -0.05) is 24.3 Å². The van der Waals surface area contributed by atoms with Crippen LogP contribution in [0, 0.1) is 0 Å². The van der Waals surface area contributed by atoms with Crippen LogP contribution in [0.25, 0.3) is 10.8 Å². The first kappa shape index (κ1) is 11.0. The molecule has 0 aliphatic carbocycles. The normalized spacial score (nSPS) is 10.6. The van der Waals surface area contributed by atoms with Gasteiger partial charge in [0.05, 0.1) is 6.61 Å². The smallest absolute Gasteiger partial charge is 0.123 e. The minimum Gasteiger partial charge on any atom is -0.494 e. The maximum Gasteiger partial charge on any atom is 0.123 e. The van der Waals surface area contributed by atoms with Crippen molar-refractivity contribution in [2.24, 2.45) is 5.73 Å². The predicted molar refractivity (Wildman–Crippen MR) is 67.9 cm³/mol. The monoisotopic (exact) mass is 215 g/mol. The quantitative estimate of drug-likeness (QED) is 0.851. The zero-order valence-electron chi connectivity index (χ0n) is 9.57. The SMILES string of the molecule is CCOc1cc2ccccc2cc1CCN. The summed E-state index contributed by atoms with van der Waals surface area (Å²) in [6.45, 7) is 3.34. The van der Waals surface area contributed by atoms with E-state index in [1.54, 1.807) is 0 Å². The van der Waals surface area contributed by atoms with Gasteiger partial charge in [-0.15, -0.1) is 0 Å². The van der Waals surface area contributed by atoms with Crippen LogP contribution in [-0.2, 0) is 6.42 Å². The van der Waals surface area contributed by atoms with Crippen LogP contribution in [0.2, 0.25) is 0 Å². The zero-order chi connectivity index (χ0) is 11.4. The Balaban J connectivity index is 2.51. The average molecular weight is 215 g/mol. The lowest BCUT2D eigenvalue weighted by atomic mass is 10.0. The van der Waals surface area contributed by atoms with Gasteiger partial charge in [-0.2, -0.15) is 0 Å². The second-order valence-electron chi connectivity index (χ2n) is 3.78. The van der Waals surface area contributed by atoms with Crippen LogP contribution in [0.4, 0.5) is 0 Å². The molecule has 2 rings (SSSR count). The van der Waals surface area contributed by atoms with E-state index in [2.05, 4.69) is 30.3 Å². The first-order chi connectivity index (χ1) is 7.85. The summed E-state index contributed by atoms with van der Waals surface area (Å²) in [6.07, 6.45) is 0.861. The van der Waals surface area contributed by atoms with E-state index in [0.29, 0.717) is 13.2 Å². The van der Waals surface area contributed by atoms with E-state index in [4.69, 9.17) is 10.5 Å². The first-order valence-corrected chi connectivity index (χ1v) is 5.69. The fraction of sp³-hybridized carbons (Fsp3) is 0.286. The lowest BCUT2D eigenvalue weighted by Crippen LogP contribution is -2.05. The van der Waals surface area contributed by atoms with Crippen molar-refractivity contribution >= 4 is 10.8 Å². The van der Waals surface area contributed by atoms with Gasteiger partial charge in [0, 0.05) is 0 Å². The van der Waals surface area contributed by atoms with Gasteiger partial charge in [0.1, 0.15) is 5.75 Å². The fourth-order valence-corrected chi connectivity index (χ4v) is 1.91. The summed E-state index contributed by atoms with van der Waals surface area (Å²) in [5.41, 5.74) is 6.81. The topological polar surface area (TPSA) is 35.2 Å². The van der Waals surface area contributed by atoms with E-state index < -0.39 is 0 Å². The molecule has 2 N–H and O–H groups in total. The number of hydrogen-bond acceptors (Lipinski definition) is 2. The number of benzene rings is 2. The largest absolute Gasteiger partial charge is 0.494 e. The van der Waals surface area contributed by atoms with E-state index >= 15 is 0 Å². The Kier molecular flexibility index (Phi) is 3.42. The van der Waals surface area contributed by atoms with Gasteiger partial charge in [0.2, 0.25) is 0 Å². The third-order valence-corrected chi connectivity index (χ3v) is 2.64. The van der Waals surface area contributed by atoms with Gasteiger partial charge in [-0.05, 0) is 48.4 Å². The second-order valence-corrected chi connectivity index (χ2v) is 3.78. The number of ether oxygens (including phenoxy) is 1. The lowest BCUT2D eigenvalue weighted by molar-refractivity contribution is 0.337. The Labute approximate surface area is 96.0 Å². The summed E-state index contributed by atoms with van der Waals surface area (Å²) in [4.78, 5) is 0. The zero-order valence-corrected chi connectivity index (χ0v) is 9.57. The molecule has 16 heavy (non-hydrogen) atoms. The molecular weight excluding hydrogens is 198 g/mol. The molecule has 2 heteroatoms. The van der Waals surface area contributed by atoms with E-state index in [-0.39, 0.29) is 0 Å². The van der Waals surface area contributed by atoms with Crippen molar-refractivity contribution in [2.45, 2.75) is 13.3 Å². The highest BCUT2D eigenvalue weighted by atomic mass is 16.5. The third kappa shape index (κ3) is 2.17. The Morgan fingerprint density at radius 2 is 1.81 bits per heavy atom. The Bertz CT molecular complexity index is 435. The Morgan fingerprint density at radius 1 is 1.12 bits per heavy atom. The molecule has 84 valence electrons. The molecule has 2 nitrogen and oxygen atoms in total. The van der Waals surface area contributed by atoms with Gasteiger partial charge < -0.3 is 10.5 Å². The molecule has 0 radical (unpaired) electrons. The molecule has 0 fully saturated rings. The van der Waals surface area contributed by atoms with Gasteiger partial charge in [-0.25, -0.2) is 0 Å². The van der Waals surface area contributed by atoms with Crippen LogP contribution >= 0.6 is 0 Å². The summed E-state index contributed by atoms with van der Waals surface area (Å²) in [5, 5.41) is 2.46. The maximum absolute atomic E-state index is 5.64. The summed E-state index contributed by atoms with van der Waals surface area (Å²) in [5.74, 6) is 0.964. The third-order valence-electron chi connectivity index (χ3n) is 2.64. The van der Waals surface area contributed by atoms with Crippen LogP contribution in [0.15, 0.2) is 36.4 Å². The Hall–Kier alpha value is -1.54. The van der Waals surface area contributed by atoms with Gasteiger partial charge >= 0.3 is 0 Å². The molecule has 2 aromatic rings. The number of rotatable bonds is 4. The van der Waals surface area contributed by atoms with Crippen molar-refractivity contribution in [1.29, 1.82) is 0 Å². The first-order valence-electron chi connectivity index (χ1n) is 5.69. The molecule has 0 spiro atoms. The molecule has 0 aromatic heterocycles. The molecule has 0 unspecified atom stereocenters. The molecule has 0 amide bonds. The minimum absolute atomic E-state index is 0.651. The van der Waals surface area contributed by atoms with Crippen molar-refractivity contribution in [1.82, 2.24) is 0 Å². The highest BCUT2D eigenvalue weighted by Gasteiger charge is 2.04. The van der Waals surface area contributed by atoms with Crippen LogP contribution in [0.3, 0.4) is 0 Å². The van der Waals surface area contributed by atoms with E-state index in [0.717, 1.165) is 12.2 Å². The van der Waals surface area contributed by atoms with Gasteiger partial charge in [-0.3, -0.25) is 0 Å². The lowest BCUT2D eigenvalue weighted by Gasteiger charge is -2.11. The summed E-state index contributed by atoms with van der Waals surface area (Å²) >= 11 is 0. The predicted octanol–water partition coefficient (Wildman–Crippen LogP) is 2.74. The highest BCUT2D eigenvalue weighted by Crippen LogP contribution is 2.26. The second kappa shape index (κ2) is 4.99. The molecular formula is C14H17NO. The van der Waals surface area contributed by atoms with Crippen molar-refractivity contribution in [3.8, 4) is 5.75 Å². The molecule has 0 bridgehead atoms. The van der Waals surface area contributed by atoms with Crippen LogP contribution in [0.5, 0.6) is 5.75 Å². The van der Waals surface area contributed by atoms with Gasteiger partial charge in [0.25, 0.3) is 0 Å². The Morgan fingerprint density at radius 3 is 2.44 bits per heavy atom. The number of nitrogens with two attached hydrogens (primary N) is 1. The molecule has 0 heterocycles. The highest BCUT2D eigenvalue weighted by molar-refractivity contribution is 5.85. The maximum atomic E-state index is 5.64. The molecule has 0 aliphatic rings. The average Bonchev–Trinajstić information content (AvgIpc) is 2.30. The van der Waals surface area contributed by atoms with Crippen LogP contribution in [0.1, 0.15) is 12.5 Å². The van der Waals surface area contributed by atoms with Crippen molar-refractivity contribution in [3.63, 3.8) is 0 Å². The molecule has 0 saturated carbocycles. The fourth-order valence-electron chi connectivity index (χ4n) is 1.91. The van der Waals surface area contributed by atoms with Crippen LogP contribution in [-0.4, -0.2) is 13.2 Å². The summed E-state index contributed by atoms with van der Waals surface area (Å²) < 4.78 is 5.64. The molecule has 0 atom stereocenters.